The fourth-order valence-electron chi connectivity index (χ4n) is 4.21. The second-order valence-electron chi connectivity index (χ2n) is 8.64. The second-order valence-corrected chi connectivity index (χ2v) is 9.08. The second kappa shape index (κ2) is 12.0. The molecule has 1 saturated heterocycles. The molecule has 3 aromatic rings. The van der Waals surface area contributed by atoms with Crippen LogP contribution in [0, 0.1) is 5.82 Å². The van der Waals surface area contributed by atoms with E-state index in [0.717, 1.165) is 24.0 Å². The first-order valence-electron chi connectivity index (χ1n) is 11.7. The van der Waals surface area contributed by atoms with Crippen molar-refractivity contribution in [2.75, 3.05) is 13.2 Å². The van der Waals surface area contributed by atoms with Crippen molar-refractivity contribution in [1.82, 2.24) is 10.2 Å². The van der Waals surface area contributed by atoms with Gasteiger partial charge < -0.3 is 15.0 Å². The van der Waals surface area contributed by atoms with Crippen LogP contribution in [0.25, 0.3) is 0 Å². The highest BCUT2D eigenvalue weighted by molar-refractivity contribution is 6.30. The normalized spacial score (nSPS) is 16.0. The largest absolute Gasteiger partial charge is 0.376 e. The smallest absolute Gasteiger partial charge is 0.247 e. The molecule has 1 aliphatic rings. The van der Waals surface area contributed by atoms with E-state index in [0.29, 0.717) is 23.7 Å². The van der Waals surface area contributed by atoms with E-state index in [1.807, 2.05) is 30.3 Å². The molecule has 182 valence electrons. The lowest BCUT2D eigenvalue weighted by Gasteiger charge is -2.32. The molecule has 1 fully saturated rings. The van der Waals surface area contributed by atoms with Gasteiger partial charge in [-0.2, -0.15) is 0 Å². The molecule has 0 spiro atoms. The SMILES string of the molecule is O=C(NC[C@@H]1CCCO1)[C@@H](c1ccccc1)N(Cc1ccc(F)cc1)C(=O)Cc1ccc(Cl)cc1. The molecular formula is C28H28ClFN2O3. The monoisotopic (exact) mass is 494 g/mol. The average molecular weight is 495 g/mol. The van der Waals surface area contributed by atoms with Crippen molar-refractivity contribution in [3.63, 3.8) is 0 Å². The summed E-state index contributed by atoms with van der Waals surface area (Å²) in [6.45, 7) is 1.23. The van der Waals surface area contributed by atoms with Crippen molar-refractivity contribution in [1.29, 1.82) is 0 Å². The topological polar surface area (TPSA) is 58.6 Å². The van der Waals surface area contributed by atoms with E-state index < -0.39 is 6.04 Å². The van der Waals surface area contributed by atoms with Crippen LogP contribution in [0.3, 0.4) is 0 Å². The molecule has 7 heteroatoms. The van der Waals surface area contributed by atoms with Crippen LogP contribution in [0.15, 0.2) is 78.9 Å². The third-order valence-electron chi connectivity index (χ3n) is 6.06. The summed E-state index contributed by atoms with van der Waals surface area (Å²) in [6.07, 6.45) is 1.94. The first-order chi connectivity index (χ1) is 17.0. The third-order valence-corrected chi connectivity index (χ3v) is 6.31. The Morgan fingerprint density at radius 3 is 2.34 bits per heavy atom. The van der Waals surface area contributed by atoms with E-state index in [-0.39, 0.29) is 36.7 Å². The Hall–Kier alpha value is -3.22. The van der Waals surface area contributed by atoms with Gasteiger partial charge in [-0.1, -0.05) is 66.2 Å². The molecule has 0 saturated carbocycles. The highest BCUT2D eigenvalue weighted by atomic mass is 35.5. The third kappa shape index (κ3) is 6.90. The van der Waals surface area contributed by atoms with Gasteiger partial charge in [0.1, 0.15) is 11.9 Å². The summed E-state index contributed by atoms with van der Waals surface area (Å²) >= 11 is 6.00. The molecule has 0 unspecified atom stereocenters. The molecule has 2 atom stereocenters. The Labute approximate surface area is 209 Å². The number of nitrogens with one attached hydrogen (secondary N) is 1. The van der Waals surface area contributed by atoms with E-state index in [2.05, 4.69) is 5.32 Å². The van der Waals surface area contributed by atoms with Crippen LogP contribution in [0.5, 0.6) is 0 Å². The molecule has 4 rings (SSSR count). The molecule has 0 bridgehead atoms. The van der Waals surface area contributed by atoms with Crippen molar-refractivity contribution in [2.45, 2.75) is 38.0 Å². The minimum atomic E-state index is -0.859. The van der Waals surface area contributed by atoms with Crippen LogP contribution in [0.4, 0.5) is 4.39 Å². The van der Waals surface area contributed by atoms with Gasteiger partial charge >= 0.3 is 0 Å². The molecule has 1 N–H and O–H groups in total. The first-order valence-corrected chi connectivity index (χ1v) is 12.1. The number of ether oxygens (including phenoxy) is 1. The molecule has 1 aliphatic heterocycles. The number of amides is 2. The molecule has 0 radical (unpaired) electrons. The fourth-order valence-corrected chi connectivity index (χ4v) is 4.34. The van der Waals surface area contributed by atoms with Gasteiger partial charge in [0.2, 0.25) is 11.8 Å². The molecule has 35 heavy (non-hydrogen) atoms. The summed E-state index contributed by atoms with van der Waals surface area (Å²) in [7, 11) is 0. The Bertz CT molecular complexity index is 1120. The van der Waals surface area contributed by atoms with Gasteiger partial charge in [-0.25, -0.2) is 4.39 Å². The van der Waals surface area contributed by atoms with Crippen LogP contribution in [0.2, 0.25) is 5.02 Å². The number of halogens is 2. The van der Waals surface area contributed by atoms with Gasteiger partial charge in [-0.3, -0.25) is 9.59 Å². The van der Waals surface area contributed by atoms with E-state index in [4.69, 9.17) is 16.3 Å². The lowest BCUT2D eigenvalue weighted by atomic mass is 10.0. The molecular weight excluding hydrogens is 467 g/mol. The Balaban J connectivity index is 1.64. The Kier molecular flexibility index (Phi) is 8.50. The van der Waals surface area contributed by atoms with Crippen molar-refractivity contribution < 1.29 is 18.7 Å². The Morgan fingerprint density at radius 2 is 1.69 bits per heavy atom. The maximum absolute atomic E-state index is 13.7. The number of hydrogen-bond donors (Lipinski definition) is 1. The molecule has 1 heterocycles. The van der Waals surface area contributed by atoms with Gasteiger partial charge in [0, 0.05) is 24.7 Å². The van der Waals surface area contributed by atoms with E-state index in [9.17, 15) is 14.0 Å². The van der Waals surface area contributed by atoms with Crippen LogP contribution in [-0.2, 0) is 27.3 Å². The zero-order valence-corrected chi connectivity index (χ0v) is 20.1. The quantitative estimate of drug-likeness (QED) is 0.451. The summed E-state index contributed by atoms with van der Waals surface area (Å²) in [5.41, 5.74) is 2.21. The number of benzene rings is 3. The van der Waals surface area contributed by atoms with Gasteiger partial charge in [0.15, 0.2) is 0 Å². The van der Waals surface area contributed by atoms with Gasteiger partial charge in [0.25, 0.3) is 0 Å². The number of rotatable bonds is 9. The van der Waals surface area contributed by atoms with E-state index in [1.165, 1.54) is 12.1 Å². The predicted octanol–water partition coefficient (Wildman–Crippen LogP) is 5.09. The van der Waals surface area contributed by atoms with Crippen LogP contribution in [0.1, 0.15) is 35.6 Å². The van der Waals surface area contributed by atoms with Crippen LogP contribution in [-0.4, -0.2) is 36.0 Å². The number of nitrogens with zero attached hydrogens (tertiary/aromatic N) is 1. The van der Waals surface area contributed by atoms with Crippen LogP contribution >= 0.6 is 11.6 Å². The van der Waals surface area contributed by atoms with E-state index >= 15 is 0 Å². The van der Waals surface area contributed by atoms with Gasteiger partial charge in [0.05, 0.1) is 12.5 Å². The Morgan fingerprint density at radius 1 is 1.00 bits per heavy atom. The zero-order chi connectivity index (χ0) is 24.6. The van der Waals surface area contributed by atoms with Crippen molar-refractivity contribution in [3.8, 4) is 0 Å². The molecule has 5 nitrogen and oxygen atoms in total. The summed E-state index contributed by atoms with van der Waals surface area (Å²) < 4.78 is 19.2. The fraction of sp³-hybridized carbons (Fsp3) is 0.286. The maximum Gasteiger partial charge on any atom is 0.247 e. The standard InChI is InChI=1S/C28H28ClFN2O3/c29-23-12-8-20(9-13-23)17-26(33)32(19-21-10-14-24(30)15-11-21)27(22-5-2-1-3-6-22)28(34)31-18-25-7-4-16-35-25/h1-3,5-6,8-15,25,27H,4,7,16-19H2,(H,31,34)/t25-,27+/m0/s1. The number of hydrogen-bond acceptors (Lipinski definition) is 3. The lowest BCUT2D eigenvalue weighted by molar-refractivity contribution is -0.141. The molecule has 3 aromatic carbocycles. The summed E-state index contributed by atoms with van der Waals surface area (Å²) in [5, 5.41) is 3.57. The molecule has 2 amide bonds. The average Bonchev–Trinajstić information content (AvgIpc) is 3.39. The highest BCUT2D eigenvalue weighted by Gasteiger charge is 2.32. The maximum atomic E-state index is 13.7. The summed E-state index contributed by atoms with van der Waals surface area (Å²) in [5.74, 6) is -0.863. The van der Waals surface area contributed by atoms with E-state index in [1.54, 1.807) is 41.3 Å². The molecule has 0 aromatic heterocycles. The molecule has 0 aliphatic carbocycles. The summed E-state index contributed by atoms with van der Waals surface area (Å²) in [6, 6.07) is 21.4. The van der Waals surface area contributed by atoms with Crippen LogP contribution < -0.4 is 5.32 Å². The number of carbonyl (C=O) groups excluding carboxylic acids is 2. The van der Waals surface area contributed by atoms with Gasteiger partial charge in [-0.15, -0.1) is 0 Å². The first kappa shape index (κ1) is 24.9. The summed E-state index contributed by atoms with van der Waals surface area (Å²) in [4.78, 5) is 28.8. The predicted molar refractivity (Wildman–Crippen MR) is 133 cm³/mol. The van der Waals surface area contributed by atoms with Crippen molar-refractivity contribution in [2.24, 2.45) is 0 Å². The van der Waals surface area contributed by atoms with Crippen molar-refractivity contribution >= 4 is 23.4 Å². The lowest BCUT2D eigenvalue weighted by Crippen LogP contribution is -2.45. The minimum Gasteiger partial charge on any atom is -0.376 e. The van der Waals surface area contributed by atoms with Crippen molar-refractivity contribution in [3.05, 3.63) is 106 Å². The van der Waals surface area contributed by atoms with Gasteiger partial charge in [-0.05, 0) is 53.8 Å². The minimum absolute atomic E-state index is 0.0225. The highest BCUT2D eigenvalue weighted by Crippen LogP contribution is 2.25. The zero-order valence-electron chi connectivity index (χ0n) is 19.3. The number of carbonyl (C=O) groups is 2.